The summed E-state index contributed by atoms with van der Waals surface area (Å²) in [5, 5.41) is 21.5. The van der Waals surface area contributed by atoms with E-state index < -0.39 is 5.97 Å². The normalized spacial score (nSPS) is 9.35. The molecule has 0 aliphatic heterocycles. The molecule has 2 N–H and O–H groups in total. The zero-order chi connectivity index (χ0) is 12.7. The van der Waals surface area contributed by atoms with Crippen LogP contribution >= 0.6 is 11.8 Å². The Balaban J connectivity index is 2.65. The number of nitriles is 1. The summed E-state index contributed by atoms with van der Waals surface area (Å²) in [7, 11) is 0. The van der Waals surface area contributed by atoms with E-state index in [0.717, 1.165) is 11.8 Å². The van der Waals surface area contributed by atoms with Crippen LogP contribution in [0.25, 0.3) is 0 Å². The number of amides is 1. The van der Waals surface area contributed by atoms with Gasteiger partial charge < -0.3 is 10.4 Å². The number of aliphatic carboxylic acids is 1. The first kappa shape index (κ1) is 13.1. The summed E-state index contributed by atoms with van der Waals surface area (Å²) in [4.78, 5) is 22.3. The van der Waals surface area contributed by atoms with Gasteiger partial charge in [0.25, 0.3) is 0 Å². The molecule has 17 heavy (non-hydrogen) atoms. The number of hydrogen-bond acceptors (Lipinski definition) is 4. The van der Waals surface area contributed by atoms with Gasteiger partial charge in [-0.25, -0.2) is 0 Å². The maximum Gasteiger partial charge on any atom is 0.303 e. The van der Waals surface area contributed by atoms with Crippen LogP contribution in [0.4, 0.5) is 5.69 Å². The molecule has 0 spiro atoms. The molecule has 5 nitrogen and oxygen atoms in total. The summed E-state index contributed by atoms with van der Waals surface area (Å²) in [5.74, 6) is -1.39. The highest BCUT2D eigenvalue weighted by Gasteiger charge is 2.08. The number of carboxylic acid groups (broad SMARTS) is 1. The highest BCUT2D eigenvalue weighted by Crippen LogP contribution is 2.25. The number of carbonyl (C=O) groups is 2. The SMILES string of the molecule is N#CSc1ccccc1NC(=O)CCC(=O)O. The smallest absolute Gasteiger partial charge is 0.303 e. The molecule has 0 saturated heterocycles. The Morgan fingerprint density at radius 3 is 2.71 bits per heavy atom. The van der Waals surface area contributed by atoms with Gasteiger partial charge in [0, 0.05) is 11.3 Å². The van der Waals surface area contributed by atoms with Crippen LogP contribution in [0.3, 0.4) is 0 Å². The van der Waals surface area contributed by atoms with Gasteiger partial charge in [-0.3, -0.25) is 9.59 Å². The molecule has 0 fully saturated rings. The summed E-state index contributed by atoms with van der Waals surface area (Å²) >= 11 is 0.943. The summed E-state index contributed by atoms with van der Waals surface area (Å²) in [6.45, 7) is 0. The van der Waals surface area contributed by atoms with Crippen LogP contribution in [-0.2, 0) is 9.59 Å². The fourth-order valence-corrected chi connectivity index (χ4v) is 1.62. The number of rotatable bonds is 5. The molecule has 0 aromatic heterocycles. The number of thioether (sulfide) groups is 1. The quantitative estimate of drug-likeness (QED) is 0.616. The number of benzene rings is 1. The number of anilines is 1. The Kier molecular flexibility index (Phi) is 5.04. The van der Waals surface area contributed by atoms with Gasteiger partial charge in [0.15, 0.2) is 0 Å². The molecule has 1 amide bonds. The molecule has 0 saturated carbocycles. The van der Waals surface area contributed by atoms with Crippen molar-refractivity contribution in [2.75, 3.05) is 5.32 Å². The minimum absolute atomic E-state index is 0.0825. The van der Waals surface area contributed by atoms with Crippen LogP contribution in [0.1, 0.15) is 12.8 Å². The molecule has 88 valence electrons. The lowest BCUT2D eigenvalue weighted by molar-refractivity contribution is -0.138. The number of para-hydroxylation sites is 1. The van der Waals surface area contributed by atoms with E-state index in [9.17, 15) is 9.59 Å². The van der Waals surface area contributed by atoms with Crippen molar-refractivity contribution in [2.24, 2.45) is 0 Å². The van der Waals surface area contributed by atoms with Crippen molar-refractivity contribution in [1.29, 1.82) is 5.26 Å². The molecular formula is C11H10N2O3S. The molecule has 1 rings (SSSR count). The topological polar surface area (TPSA) is 90.2 Å². The Morgan fingerprint density at radius 1 is 1.35 bits per heavy atom. The largest absolute Gasteiger partial charge is 0.481 e. The van der Waals surface area contributed by atoms with E-state index in [2.05, 4.69) is 5.32 Å². The lowest BCUT2D eigenvalue weighted by atomic mass is 10.2. The Hall–Kier alpha value is -2.00. The van der Waals surface area contributed by atoms with E-state index in [1.807, 2.05) is 5.40 Å². The molecular weight excluding hydrogens is 240 g/mol. The van der Waals surface area contributed by atoms with Gasteiger partial charge in [0.05, 0.1) is 12.1 Å². The maximum absolute atomic E-state index is 11.4. The standard InChI is InChI=1S/C11H10N2O3S/c12-7-17-9-4-2-1-3-8(9)13-10(14)5-6-11(15)16/h1-4H,5-6H2,(H,13,14)(H,15,16). The molecule has 0 aliphatic rings. The first-order valence-corrected chi connectivity index (χ1v) is 5.61. The molecule has 6 heteroatoms. The average molecular weight is 250 g/mol. The molecule has 0 aliphatic carbocycles. The van der Waals surface area contributed by atoms with Crippen molar-refractivity contribution in [3.05, 3.63) is 24.3 Å². The molecule has 1 aromatic carbocycles. The average Bonchev–Trinajstić information content (AvgIpc) is 2.29. The second kappa shape index (κ2) is 6.55. The van der Waals surface area contributed by atoms with Crippen LogP contribution < -0.4 is 5.32 Å². The lowest BCUT2D eigenvalue weighted by Gasteiger charge is -2.07. The zero-order valence-electron chi connectivity index (χ0n) is 8.84. The van der Waals surface area contributed by atoms with Crippen LogP contribution in [0.2, 0.25) is 0 Å². The third-order valence-electron chi connectivity index (χ3n) is 1.88. The van der Waals surface area contributed by atoms with E-state index in [1.165, 1.54) is 0 Å². The zero-order valence-corrected chi connectivity index (χ0v) is 9.66. The minimum Gasteiger partial charge on any atom is -0.481 e. The first-order valence-electron chi connectivity index (χ1n) is 4.80. The fourth-order valence-electron chi connectivity index (χ4n) is 1.14. The Bertz CT molecular complexity index is 468. The summed E-state index contributed by atoms with van der Waals surface area (Å²) in [6, 6.07) is 6.86. The second-order valence-electron chi connectivity index (χ2n) is 3.13. The first-order chi connectivity index (χ1) is 8.13. The van der Waals surface area contributed by atoms with Crippen LogP contribution in [0.5, 0.6) is 0 Å². The van der Waals surface area contributed by atoms with Crippen molar-refractivity contribution >= 4 is 29.3 Å². The predicted octanol–water partition coefficient (Wildman–Crippen LogP) is 2.06. The number of hydrogen-bond donors (Lipinski definition) is 2. The van der Waals surface area contributed by atoms with Crippen molar-refractivity contribution in [3.63, 3.8) is 0 Å². The number of carbonyl (C=O) groups excluding carboxylic acids is 1. The maximum atomic E-state index is 11.4. The highest BCUT2D eigenvalue weighted by atomic mass is 32.2. The summed E-state index contributed by atoms with van der Waals surface area (Å²) in [6.07, 6.45) is -0.291. The van der Waals surface area contributed by atoms with E-state index in [1.54, 1.807) is 24.3 Å². The highest BCUT2D eigenvalue weighted by molar-refractivity contribution is 8.03. The van der Waals surface area contributed by atoms with Crippen molar-refractivity contribution in [3.8, 4) is 5.40 Å². The van der Waals surface area contributed by atoms with Gasteiger partial charge in [0.2, 0.25) is 5.91 Å². The molecule has 0 atom stereocenters. The molecule has 1 aromatic rings. The van der Waals surface area contributed by atoms with E-state index in [4.69, 9.17) is 10.4 Å². The van der Waals surface area contributed by atoms with Gasteiger partial charge >= 0.3 is 5.97 Å². The molecule has 0 radical (unpaired) electrons. The Morgan fingerprint density at radius 2 is 2.06 bits per heavy atom. The fraction of sp³-hybridized carbons (Fsp3) is 0.182. The van der Waals surface area contributed by atoms with Gasteiger partial charge in [-0.2, -0.15) is 5.26 Å². The minimum atomic E-state index is -1.01. The van der Waals surface area contributed by atoms with E-state index in [-0.39, 0.29) is 18.7 Å². The summed E-state index contributed by atoms with van der Waals surface area (Å²) < 4.78 is 0. The van der Waals surface area contributed by atoms with Crippen LogP contribution in [0, 0.1) is 10.7 Å². The van der Waals surface area contributed by atoms with Crippen molar-refractivity contribution < 1.29 is 14.7 Å². The van der Waals surface area contributed by atoms with Gasteiger partial charge in [0.1, 0.15) is 5.40 Å². The van der Waals surface area contributed by atoms with E-state index in [0.29, 0.717) is 10.6 Å². The molecule has 0 unspecified atom stereocenters. The van der Waals surface area contributed by atoms with E-state index >= 15 is 0 Å². The van der Waals surface area contributed by atoms with Crippen LogP contribution in [0.15, 0.2) is 29.2 Å². The molecule has 0 bridgehead atoms. The van der Waals surface area contributed by atoms with Gasteiger partial charge in [-0.15, -0.1) is 0 Å². The van der Waals surface area contributed by atoms with Crippen molar-refractivity contribution in [2.45, 2.75) is 17.7 Å². The van der Waals surface area contributed by atoms with Crippen LogP contribution in [-0.4, -0.2) is 17.0 Å². The lowest BCUT2D eigenvalue weighted by Crippen LogP contribution is -2.13. The second-order valence-corrected chi connectivity index (χ2v) is 3.96. The third kappa shape index (κ3) is 4.57. The van der Waals surface area contributed by atoms with Gasteiger partial charge in [-0.05, 0) is 23.9 Å². The number of thiocyanates is 1. The number of nitrogens with one attached hydrogen (secondary N) is 1. The monoisotopic (exact) mass is 250 g/mol. The molecule has 0 heterocycles. The van der Waals surface area contributed by atoms with Crippen molar-refractivity contribution in [1.82, 2.24) is 0 Å². The Labute approximate surface area is 102 Å². The predicted molar refractivity (Wildman–Crippen MR) is 63.4 cm³/mol. The third-order valence-corrected chi connectivity index (χ3v) is 2.55. The van der Waals surface area contributed by atoms with Gasteiger partial charge in [-0.1, -0.05) is 12.1 Å². The number of carboxylic acids is 1. The number of nitrogens with zero attached hydrogens (tertiary/aromatic N) is 1. The summed E-state index contributed by atoms with van der Waals surface area (Å²) in [5.41, 5.74) is 0.523.